The molecule has 0 radical (unpaired) electrons. The summed E-state index contributed by atoms with van der Waals surface area (Å²) in [5.41, 5.74) is 0.274. The molecule has 1 unspecified atom stereocenters. The van der Waals surface area contributed by atoms with Gasteiger partial charge >= 0.3 is 20.9 Å². The van der Waals surface area contributed by atoms with Crippen LogP contribution in [0.25, 0.3) is 0 Å². The molecule has 0 saturated carbocycles. The molecule has 0 aromatic carbocycles. The predicted molar refractivity (Wildman–Crippen MR) is 134 cm³/mol. The van der Waals surface area contributed by atoms with E-state index in [1.165, 1.54) is 0 Å². The Morgan fingerprint density at radius 1 is 0.903 bits per heavy atom. The monoisotopic (exact) mass is 509 g/mol. The molecule has 0 saturated heterocycles. The lowest BCUT2D eigenvalue weighted by molar-refractivity contribution is -0.139. The summed E-state index contributed by atoms with van der Waals surface area (Å²) < 4.78 is 25.1. The van der Waals surface area contributed by atoms with Gasteiger partial charge in [0.25, 0.3) is 0 Å². The first-order valence-corrected chi connectivity index (χ1v) is 22.8. The third-order valence-electron chi connectivity index (χ3n) is 3.51. The summed E-state index contributed by atoms with van der Waals surface area (Å²) in [5, 5.41) is 11.6. The van der Waals surface area contributed by atoms with Crippen LogP contribution in [0.4, 0.5) is 4.79 Å². The van der Waals surface area contributed by atoms with E-state index in [1.54, 1.807) is 6.92 Å². The van der Waals surface area contributed by atoms with E-state index in [1.807, 2.05) is 0 Å². The number of carbonyl (C=O) groups excluding carboxylic acids is 1. The van der Waals surface area contributed by atoms with Crippen LogP contribution in [0, 0.1) is 0 Å². The molecule has 0 fully saturated rings. The highest BCUT2D eigenvalue weighted by Crippen LogP contribution is 2.30. The molecule has 0 bridgehead atoms. The van der Waals surface area contributed by atoms with E-state index in [0.717, 1.165) is 0 Å². The Morgan fingerprint density at radius 3 is 1.65 bits per heavy atom. The number of nitrogens with one attached hydrogen (secondary N) is 1. The zero-order chi connectivity index (χ0) is 24.7. The first-order valence-electron chi connectivity index (χ1n) is 10.7. The Hall–Kier alpha value is -0.772. The number of ether oxygens (including phenoxy) is 1. The Bertz CT molecular complexity index is 583. The number of amides is 1. The number of hydrogen-bond acceptors (Lipinski definition) is 6. The first-order chi connectivity index (χ1) is 13.7. The van der Waals surface area contributed by atoms with Gasteiger partial charge in [-0.25, -0.2) is 9.59 Å². The van der Waals surface area contributed by atoms with E-state index in [9.17, 15) is 9.59 Å². The average Bonchev–Trinajstić information content (AvgIpc) is 2.45. The molecule has 0 spiro atoms. The van der Waals surface area contributed by atoms with Crippen molar-refractivity contribution in [1.82, 2.24) is 5.32 Å². The molecule has 8 nitrogen and oxygen atoms in total. The van der Waals surface area contributed by atoms with Crippen molar-refractivity contribution in [3.63, 3.8) is 0 Å². The Labute approximate surface area is 192 Å². The summed E-state index contributed by atoms with van der Waals surface area (Å²) in [6, 6.07) is 0.0658. The minimum absolute atomic E-state index is 0.0504. The maximum absolute atomic E-state index is 11.7. The van der Waals surface area contributed by atoms with Crippen LogP contribution in [0.1, 0.15) is 19.8 Å². The largest absolute Gasteiger partial charge is 0.469 e. The van der Waals surface area contributed by atoms with Gasteiger partial charge in [-0.3, -0.25) is 0 Å². The van der Waals surface area contributed by atoms with Crippen molar-refractivity contribution in [3.8, 4) is 0 Å². The van der Waals surface area contributed by atoms with Crippen LogP contribution in [-0.2, 0) is 21.9 Å². The van der Waals surface area contributed by atoms with E-state index >= 15 is 0 Å². The molecule has 1 amide bonds. The Kier molecular flexibility index (Phi) is 11.6. The average molecular weight is 510 g/mol. The number of esters is 1. The van der Waals surface area contributed by atoms with Crippen molar-refractivity contribution in [2.45, 2.75) is 90.8 Å². The molecular weight excluding hydrogens is 467 g/mol. The number of hydrogen-bond donors (Lipinski definition) is 2. The van der Waals surface area contributed by atoms with E-state index in [0.29, 0.717) is 18.9 Å². The molecule has 0 aliphatic rings. The van der Waals surface area contributed by atoms with Crippen molar-refractivity contribution in [2.75, 3.05) is 6.61 Å². The Balaban J connectivity index is 5.51. The molecule has 31 heavy (non-hydrogen) atoms. The smallest absolute Gasteiger partial charge is 0.465 e. The fourth-order valence-corrected chi connectivity index (χ4v) is 17.5. The zero-order valence-corrected chi connectivity index (χ0v) is 25.0. The maximum Gasteiger partial charge on any atom is 0.469 e. The molecule has 2 N–H and O–H groups in total. The molecule has 182 valence electrons. The lowest BCUT2D eigenvalue weighted by Gasteiger charge is -2.43. The van der Waals surface area contributed by atoms with Crippen molar-refractivity contribution in [3.05, 3.63) is 12.2 Å². The summed E-state index contributed by atoms with van der Waals surface area (Å²) in [6.07, 6.45) is -0.0554. The van der Waals surface area contributed by atoms with Gasteiger partial charge in [0.05, 0.1) is 6.04 Å². The summed E-state index contributed by atoms with van der Waals surface area (Å²) in [5.74, 6) is -0.535. The first kappa shape index (κ1) is 30.2. The number of carboxylic acid groups (broad SMARTS) is 1. The summed E-state index contributed by atoms with van der Waals surface area (Å²) in [6.45, 7) is 24.2. The highest BCUT2D eigenvalue weighted by atomic mass is 28.5. The quantitative estimate of drug-likeness (QED) is 0.192. The standard InChI is InChI=1S/C19H43NO7Si4/c1-16(2)18(21)24-15-17(20-19(22)23)13-12-14-31(25-28(3,4)5,26-29(6,7)8)27-30(9,10)11/h17,20H,1,12-15H2,2-11H3,(H,22,23). The SMILES string of the molecule is C=C(C)C(=O)OCC(CCC[Si](O[Si](C)(C)C)(O[Si](C)(C)C)O[Si](C)(C)C)NC(=O)O. The van der Waals surface area contributed by atoms with Crippen LogP contribution < -0.4 is 5.32 Å². The van der Waals surface area contributed by atoms with Crippen molar-refractivity contribution in [1.29, 1.82) is 0 Å². The minimum atomic E-state index is -2.98. The molecule has 0 aromatic heterocycles. The van der Waals surface area contributed by atoms with Crippen LogP contribution >= 0.6 is 0 Å². The second-order valence-electron chi connectivity index (χ2n) is 10.7. The topological polar surface area (TPSA) is 103 Å². The molecule has 0 aliphatic heterocycles. The van der Waals surface area contributed by atoms with Gasteiger partial charge in [-0.15, -0.1) is 0 Å². The van der Waals surface area contributed by atoms with Gasteiger partial charge in [0, 0.05) is 11.6 Å². The van der Waals surface area contributed by atoms with Gasteiger partial charge in [-0.05, 0) is 78.7 Å². The van der Waals surface area contributed by atoms with Gasteiger partial charge in [0.1, 0.15) is 6.61 Å². The fourth-order valence-electron chi connectivity index (χ4n) is 2.85. The van der Waals surface area contributed by atoms with Crippen LogP contribution in [-0.4, -0.2) is 63.6 Å². The molecule has 0 aromatic rings. The van der Waals surface area contributed by atoms with Gasteiger partial charge < -0.3 is 27.5 Å². The lowest BCUT2D eigenvalue weighted by atomic mass is 10.2. The van der Waals surface area contributed by atoms with E-state index in [-0.39, 0.29) is 12.2 Å². The fraction of sp³-hybridized carbons (Fsp3) is 0.789. The lowest BCUT2D eigenvalue weighted by Crippen LogP contribution is -2.60. The maximum atomic E-state index is 11.7. The molecular formula is C19H43NO7Si4. The normalized spacial score (nSPS) is 14.1. The third-order valence-corrected chi connectivity index (χ3v) is 15.6. The minimum Gasteiger partial charge on any atom is -0.465 e. The summed E-state index contributed by atoms with van der Waals surface area (Å²) in [4.78, 5) is 22.9. The van der Waals surface area contributed by atoms with Crippen LogP contribution in [0.5, 0.6) is 0 Å². The molecule has 0 aliphatic carbocycles. The predicted octanol–water partition coefficient (Wildman–Crippen LogP) is 5.02. The highest BCUT2D eigenvalue weighted by Gasteiger charge is 2.49. The van der Waals surface area contributed by atoms with Crippen molar-refractivity contribution >= 4 is 45.8 Å². The van der Waals surface area contributed by atoms with Gasteiger partial charge in [0.2, 0.25) is 0 Å². The van der Waals surface area contributed by atoms with Gasteiger partial charge in [0.15, 0.2) is 25.0 Å². The van der Waals surface area contributed by atoms with Crippen LogP contribution in [0.15, 0.2) is 12.2 Å². The molecule has 1 atom stereocenters. The molecule has 0 heterocycles. The molecule has 12 heteroatoms. The second-order valence-corrected chi connectivity index (χ2v) is 27.7. The van der Waals surface area contributed by atoms with Crippen molar-refractivity contribution < 1.29 is 31.8 Å². The summed E-state index contributed by atoms with van der Waals surface area (Å²) >= 11 is 0. The van der Waals surface area contributed by atoms with Gasteiger partial charge in [-0.1, -0.05) is 6.58 Å². The van der Waals surface area contributed by atoms with E-state index in [4.69, 9.17) is 22.2 Å². The molecule has 0 rings (SSSR count). The van der Waals surface area contributed by atoms with Crippen LogP contribution in [0.3, 0.4) is 0 Å². The number of rotatable bonds is 14. The van der Waals surface area contributed by atoms with E-state index < -0.39 is 51.9 Å². The summed E-state index contributed by atoms with van der Waals surface area (Å²) in [7, 11) is -8.90. The number of carbonyl (C=O) groups is 2. The highest BCUT2D eigenvalue weighted by molar-refractivity contribution is 6.90. The van der Waals surface area contributed by atoms with Crippen molar-refractivity contribution in [2.24, 2.45) is 0 Å². The van der Waals surface area contributed by atoms with Gasteiger partial charge in [-0.2, -0.15) is 0 Å². The third kappa shape index (κ3) is 15.6. The Morgan fingerprint density at radius 2 is 1.32 bits per heavy atom. The zero-order valence-electron chi connectivity index (χ0n) is 21.0. The van der Waals surface area contributed by atoms with Crippen LogP contribution in [0.2, 0.25) is 65.0 Å². The second kappa shape index (κ2) is 11.9. The van der Waals surface area contributed by atoms with E-state index in [2.05, 4.69) is 70.8 Å².